The van der Waals surface area contributed by atoms with E-state index in [-0.39, 0.29) is 0 Å². The number of nitrogens with one attached hydrogen (secondary N) is 1. The molecular formula is C21H27N5S. The average Bonchev–Trinajstić information content (AvgIpc) is 3.38. The van der Waals surface area contributed by atoms with E-state index >= 15 is 0 Å². The molecule has 142 valence electrons. The first-order chi connectivity index (χ1) is 13.3. The molecule has 3 aromatic rings. The Hall–Kier alpha value is -2.60. The zero-order valence-electron chi connectivity index (χ0n) is 16.0. The molecule has 0 unspecified atom stereocenters. The summed E-state index contributed by atoms with van der Waals surface area (Å²) in [5, 5.41) is 5.56. The fourth-order valence-electron chi connectivity index (χ4n) is 2.99. The summed E-state index contributed by atoms with van der Waals surface area (Å²) < 4.78 is 2.21. The molecule has 0 saturated carbocycles. The molecule has 0 aliphatic rings. The van der Waals surface area contributed by atoms with E-state index in [9.17, 15) is 0 Å². The van der Waals surface area contributed by atoms with Crippen LogP contribution in [0.15, 0.2) is 65.2 Å². The quantitative estimate of drug-likeness (QED) is 0.480. The minimum Gasteiger partial charge on any atom is -0.349 e. The number of aliphatic imine (C=N–C) groups is 1. The maximum absolute atomic E-state index is 4.51. The molecule has 1 aromatic carbocycles. The molecular weight excluding hydrogens is 354 g/mol. The standard InChI is InChI=1S/C21H27N5S/c1-22-21(25(2)13-11-19-9-6-16-27-19)24-17-20-23-12-15-26(20)14-10-18-7-4-3-5-8-18/h3-9,12,15-16H,10-11,13-14,17H2,1-2H3,(H,22,24). The normalized spacial score (nSPS) is 11.6. The van der Waals surface area contributed by atoms with Crippen LogP contribution < -0.4 is 5.32 Å². The van der Waals surface area contributed by atoms with Gasteiger partial charge in [0.05, 0.1) is 6.54 Å². The summed E-state index contributed by atoms with van der Waals surface area (Å²) in [6, 6.07) is 14.8. The predicted octanol–water partition coefficient (Wildman–Crippen LogP) is 3.44. The molecule has 1 N–H and O–H groups in total. The number of aryl methyl sites for hydroxylation is 2. The lowest BCUT2D eigenvalue weighted by molar-refractivity contribution is 0.483. The topological polar surface area (TPSA) is 45.5 Å². The maximum Gasteiger partial charge on any atom is 0.193 e. The van der Waals surface area contributed by atoms with Crippen LogP contribution in [0.2, 0.25) is 0 Å². The molecule has 0 bridgehead atoms. The summed E-state index contributed by atoms with van der Waals surface area (Å²) in [6.07, 6.45) is 5.94. The molecule has 6 heteroatoms. The van der Waals surface area contributed by atoms with Crippen molar-refractivity contribution in [3.8, 4) is 0 Å². The predicted molar refractivity (Wildman–Crippen MR) is 113 cm³/mol. The van der Waals surface area contributed by atoms with Gasteiger partial charge in [-0.3, -0.25) is 4.99 Å². The van der Waals surface area contributed by atoms with Crippen molar-refractivity contribution in [3.63, 3.8) is 0 Å². The molecule has 2 aromatic heterocycles. The highest BCUT2D eigenvalue weighted by Crippen LogP contribution is 2.09. The smallest absolute Gasteiger partial charge is 0.193 e. The molecule has 2 heterocycles. The first-order valence-electron chi connectivity index (χ1n) is 9.24. The molecule has 5 nitrogen and oxygen atoms in total. The van der Waals surface area contributed by atoms with Gasteiger partial charge in [0.25, 0.3) is 0 Å². The number of likely N-dealkylation sites (N-methyl/N-ethyl adjacent to an activating group) is 1. The van der Waals surface area contributed by atoms with Gasteiger partial charge in [-0.1, -0.05) is 36.4 Å². The van der Waals surface area contributed by atoms with E-state index in [0.717, 1.165) is 37.7 Å². The lowest BCUT2D eigenvalue weighted by Crippen LogP contribution is -2.40. The van der Waals surface area contributed by atoms with Crippen molar-refractivity contribution in [1.29, 1.82) is 0 Å². The van der Waals surface area contributed by atoms with E-state index in [1.165, 1.54) is 10.4 Å². The number of hydrogen-bond acceptors (Lipinski definition) is 3. The Labute approximate surface area is 165 Å². The third-order valence-corrected chi connectivity index (χ3v) is 5.47. The first kappa shape index (κ1) is 19.2. The fourth-order valence-corrected chi connectivity index (χ4v) is 3.68. The van der Waals surface area contributed by atoms with Crippen LogP contribution >= 0.6 is 11.3 Å². The molecule has 0 atom stereocenters. The van der Waals surface area contributed by atoms with Crippen LogP contribution in [0, 0.1) is 0 Å². The van der Waals surface area contributed by atoms with Crippen LogP contribution in [-0.4, -0.2) is 41.1 Å². The number of hydrogen-bond donors (Lipinski definition) is 1. The van der Waals surface area contributed by atoms with Gasteiger partial charge in [-0.25, -0.2) is 4.98 Å². The second-order valence-corrected chi connectivity index (χ2v) is 7.46. The Morgan fingerprint density at radius 3 is 2.78 bits per heavy atom. The van der Waals surface area contributed by atoms with E-state index in [4.69, 9.17) is 0 Å². The number of imidazole rings is 1. The molecule has 0 spiro atoms. The van der Waals surface area contributed by atoms with Gasteiger partial charge in [-0.15, -0.1) is 11.3 Å². The summed E-state index contributed by atoms with van der Waals surface area (Å²) >= 11 is 1.80. The Morgan fingerprint density at radius 1 is 1.19 bits per heavy atom. The van der Waals surface area contributed by atoms with E-state index in [0.29, 0.717) is 6.54 Å². The fraction of sp³-hybridized carbons (Fsp3) is 0.333. The lowest BCUT2D eigenvalue weighted by Gasteiger charge is -2.22. The van der Waals surface area contributed by atoms with Crippen LogP contribution in [0.3, 0.4) is 0 Å². The van der Waals surface area contributed by atoms with Crippen LogP contribution in [0.25, 0.3) is 0 Å². The summed E-state index contributed by atoms with van der Waals surface area (Å²) in [7, 11) is 3.90. The van der Waals surface area contributed by atoms with Gasteiger partial charge in [-0.2, -0.15) is 0 Å². The summed E-state index contributed by atoms with van der Waals surface area (Å²) in [5.74, 6) is 1.92. The minimum atomic E-state index is 0.664. The van der Waals surface area contributed by atoms with Crippen molar-refractivity contribution in [2.45, 2.75) is 25.9 Å². The van der Waals surface area contributed by atoms with Crippen molar-refractivity contribution < 1.29 is 0 Å². The first-order valence-corrected chi connectivity index (χ1v) is 10.1. The second kappa shape index (κ2) is 9.92. The molecule has 0 aliphatic heterocycles. The van der Waals surface area contributed by atoms with Gasteiger partial charge < -0.3 is 14.8 Å². The van der Waals surface area contributed by atoms with Gasteiger partial charge in [0.15, 0.2) is 5.96 Å². The van der Waals surface area contributed by atoms with Crippen LogP contribution in [-0.2, 0) is 25.9 Å². The van der Waals surface area contributed by atoms with Gasteiger partial charge in [-0.05, 0) is 29.9 Å². The molecule has 0 aliphatic carbocycles. The summed E-state index contributed by atoms with van der Waals surface area (Å²) in [4.78, 5) is 12.5. The largest absolute Gasteiger partial charge is 0.349 e. The van der Waals surface area contributed by atoms with Crippen LogP contribution in [0.5, 0.6) is 0 Å². The number of nitrogens with zero attached hydrogens (tertiary/aromatic N) is 4. The Morgan fingerprint density at radius 2 is 2.04 bits per heavy atom. The molecule has 3 rings (SSSR count). The van der Waals surface area contributed by atoms with E-state index in [2.05, 4.69) is 79.7 Å². The van der Waals surface area contributed by atoms with Crippen molar-refractivity contribution in [3.05, 3.63) is 76.5 Å². The molecule has 0 fully saturated rings. The average molecular weight is 382 g/mol. The maximum atomic E-state index is 4.51. The number of aromatic nitrogens is 2. The van der Waals surface area contributed by atoms with Gasteiger partial charge in [0, 0.05) is 44.5 Å². The van der Waals surface area contributed by atoms with Crippen LogP contribution in [0.4, 0.5) is 0 Å². The van der Waals surface area contributed by atoms with Crippen molar-refractivity contribution in [2.24, 2.45) is 4.99 Å². The Bertz CT molecular complexity index is 823. The van der Waals surface area contributed by atoms with E-state index < -0.39 is 0 Å². The summed E-state index contributed by atoms with van der Waals surface area (Å²) in [5.41, 5.74) is 1.34. The highest BCUT2D eigenvalue weighted by atomic mass is 32.1. The zero-order chi connectivity index (χ0) is 18.9. The van der Waals surface area contributed by atoms with Gasteiger partial charge in [0.2, 0.25) is 0 Å². The molecule has 0 saturated heterocycles. The van der Waals surface area contributed by atoms with Crippen molar-refractivity contribution in [2.75, 3.05) is 20.6 Å². The number of rotatable bonds is 8. The van der Waals surface area contributed by atoms with Gasteiger partial charge >= 0.3 is 0 Å². The van der Waals surface area contributed by atoms with E-state index in [1.807, 2.05) is 19.4 Å². The third kappa shape index (κ3) is 5.69. The highest BCUT2D eigenvalue weighted by molar-refractivity contribution is 7.09. The van der Waals surface area contributed by atoms with E-state index in [1.54, 1.807) is 11.3 Å². The van der Waals surface area contributed by atoms with Crippen LogP contribution in [0.1, 0.15) is 16.3 Å². The third-order valence-electron chi connectivity index (χ3n) is 4.54. The Balaban J connectivity index is 1.50. The lowest BCUT2D eigenvalue weighted by atomic mass is 10.1. The Kier molecular flexibility index (Phi) is 7.04. The molecule has 0 amide bonds. The second-order valence-electron chi connectivity index (χ2n) is 6.42. The number of guanidine groups is 1. The monoisotopic (exact) mass is 381 g/mol. The molecule has 0 radical (unpaired) electrons. The number of thiophene rings is 1. The van der Waals surface area contributed by atoms with Crippen molar-refractivity contribution >= 4 is 17.3 Å². The SMILES string of the molecule is CN=C(NCc1nccn1CCc1ccccc1)N(C)CCc1cccs1. The minimum absolute atomic E-state index is 0.664. The summed E-state index contributed by atoms with van der Waals surface area (Å²) in [6.45, 7) is 2.52. The van der Waals surface area contributed by atoms with Gasteiger partial charge in [0.1, 0.15) is 5.82 Å². The highest BCUT2D eigenvalue weighted by Gasteiger charge is 2.09. The van der Waals surface area contributed by atoms with Crippen molar-refractivity contribution in [1.82, 2.24) is 19.8 Å². The zero-order valence-corrected chi connectivity index (χ0v) is 16.8. The molecule has 27 heavy (non-hydrogen) atoms. The number of benzene rings is 1.